The van der Waals surface area contributed by atoms with Crippen LogP contribution >= 0.6 is 11.6 Å². The first-order valence-electron chi connectivity index (χ1n) is 4.82. The van der Waals surface area contributed by atoms with Crippen LogP contribution in [0.4, 0.5) is 19.0 Å². The number of nitrogens with one attached hydrogen (secondary N) is 1. The van der Waals surface area contributed by atoms with Crippen LogP contribution in [0.25, 0.3) is 0 Å². The van der Waals surface area contributed by atoms with Crippen LogP contribution in [0.3, 0.4) is 0 Å². The van der Waals surface area contributed by atoms with Gasteiger partial charge in [0.05, 0.1) is 18.8 Å². The fourth-order valence-electron chi connectivity index (χ4n) is 1.07. The van der Waals surface area contributed by atoms with Crippen LogP contribution in [0.5, 0.6) is 0 Å². The van der Waals surface area contributed by atoms with Crippen molar-refractivity contribution >= 4 is 17.4 Å². The zero-order valence-corrected chi connectivity index (χ0v) is 10.0. The Balaban J connectivity index is 3.08. The smallest absolute Gasteiger partial charge is 0.394 e. The van der Waals surface area contributed by atoms with Crippen molar-refractivity contribution in [3.63, 3.8) is 0 Å². The monoisotopic (exact) mass is 285 g/mol. The van der Waals surface area contributed by atoms with Crippen molar-refractivity contribution in [3.8, 4) is 0 Å². The van der Waals surface area contributed by atoms with E-state index in [9.17, 15) is 13.2 Å². The molecule has 0 spiro atoms. The van der Waals surface area contributed by atoms with Gasteiger partial charge in [0.1, 0.15) is 5.82 Å². The average Bonchev–Trinajstić information content (AvgIpc) is 2.27. The van der Waals surface area contributed by atoms with Gasteiger partial charge in [0.15, 0.2) is 5.69 Å². The highest BCUT2D eigenvalue weighted by Crippen LogP contribution is 2.30. The van der Waals surface area contributed by atoms with Gasteiger partial charge in [0.25, 0.3) is 0 Å². The second kappa shape index (κ2) is 5.25. The Morgan fingerprint density at radius 2 is 1.83 bits per heavy atom. The van der Waals surface area contributed by atoms with E-state index in [0.717, 1.165) is 0 Å². The molecule has 0 aliphatic carbocycles. The summed E-state index contributed by atoms with van der Waals surface area (Å²) in [4.78, 5) is 6.60. The molecule has 0 radical (unpaired) electrons. The molecule has 3 N–H and O–H groups in total. The lowest BCUT2D eigenvalue weighted by Gasteiger charge is -2.27. The van der Waals surface area contributed by atoms with Crippen molar-refractivity contribution in [1.29, 1.82) is 0 Å². The molecule has 0 aliphatic rings. The van der Waals surface area contributed by atoms with Crippen LogP contribution in [0, 0.1) is 0 Å². The maximum Gasteiger partial charge on any atom is 0.433 e. The van der Waals surface area contributed by atoms with E-state index in [4.69, 9.17) is 21.8 Å². The summed E-state index contributed by atoms with van der Waals surface area (Å²) in [6, 6.07) is 0.648. The van der Waals surface area contributed by atoms with Crippen molar-refractivity contribution in [2.75, 3.05) is 18.5 Å². The first kappa shape index (κ1) is 14.9. The molecular weight excluding hydrogens is 275 g/mol. The molecule has 0 atom stereocenters. The van der Waals surface area contributed by atoms with Gasteiger partial charge in [0, 0.05) is 6.07 Å². The van der Waals surface area contributed by atoms with Crippen molar-refractivity contribution in [2.45, 2.75) is 18.6 Å². The molecule has 0 bridgehead atoms. The van der Waals surface area contributed by atoms with Gasteiger partial charge in [0.2, 0.25) is 5.28 Å². The largest absolute Gasteiger partial charge is 0.433 e. The summed E-state index contributed by atoms with van der Waals surface area (Å²) in [6.07, 6.45) is -4.65. The molecule has 18 heavy (non-hydrogen) atoms. The molecule has 0 fully saturated rings. The van der Waals surface area contributed by atoms with Crippen LogP contribution in [-0.4, -0.2) is 38.9 Å². The van der Waals surface area contributed by atoms with E-state index < -0.39 is 35.9 Å². The molecule has 1 aromatic heterocycles. The Hall–Kier alpha value is -1.12. The predicted molar refractivity (Wildman–Crippen MR) is 58.2 cm³/mol. The molecule has 0 saturated carbocycles. The predicted octanol–water partition coefficient (Wildman–Crippen LogP) is 1.30. The Morgan fingerprint density at radius 3 is 2.28 bits per heavy atom. The normalized spacial score (nSPS) is 12.6. The van der Waals surface area contributed by atoms with Gasteiger partial charge in [-0.1, -0.05) is 0 Å². The van der Waals surface area contributed by atoms with E-state index in [0.29, 0.717) is 6.07 Å². The number of halogens is 4. The maximum absolute atomic E-state index is 12.5. The highest BCUT2D eigenvalue weighted by Gasteiger charge is 2.34. The van der Waals surface area contributed by atoms with Gasteiger partial charge < -0.3 is 15.5 Å². The van der Waals surface area contributed by atoms with Crippen LogP contribution in [-0.2, 0) is 6.18 Å². The summed E-state index contributed by atoms with van der Waals surface area (Å²) in [6.45, 7) is 0.426. The molecule has 102 valence electrons. The zero-order chi connectivity index (χ0) is 14.0. The van der Waals surface area contributed by atoms with Crippen LogP contribution in [0.1, 0.15) is 12.6 Å². The number of aliphatic hydroxyl groups excluding tert-OH is 2. The molecule has 0 saturated heterocycles. The second-order valence-corrected chi connectivity index (χ2v) is 4.25. The highest BCUT2D eigenvalue weighted by molar-refractivity contribution is 6.28. The van der Waals surface area contributed by atoms with Crippen LogP contribution in [0.15, 0.2) is 6.07 Å². The summed E-state index contributed by atoms with van der Waals surface area (Å²) in [5, 5.41) is 19.9. The van der Waals surface area contributed by atoms with Crippen LogP contribution < -0.4 is 5.32 Å². The van der Waals surface area contributed by atoms with Crippen molar-refractivity contribution in [1.82, 2.24) is 9.97 Å². The topological polar surface area (TPSA) is 78.3 Å². The Bertz CT molecular complexity index is 424. The lowest BCUT2D eigenvalue weighted by atomic mass is 10.1. The maximum atomic E-state index is 12.5. The molecule has 0 unspecified atom stereocenters. The number of alkyl halides is 3. The van der Waals surface area contributed by atoms with E-state index in [2.05, 4.69) is 15.3 Å². The minimum Gasteiger partial charge on any atom is -0.394 e. The summed E-state index contributed by atoms with van der Waals surface area (Å²) in [7, 11) is 0. The standard InChI is InChI=1S/C9H11ClF3N3O2/c1-8(3-17,4-18)16-6-2-5(9(11,12)13)14-7(10)15-6/h2,17-18H,3-4H2,1H3,(H,14,15,16). The highest BCUT2D eigenvalue weighted by atomic mass is 35.5. The molecule has 1 aromatic rings. The lowest BCUT2D eigenvalue weighted by molar-refractivity contribution is -0.141. The fraction of sp³-hybridized carbons (Fsp3) is 0.556. The first-order chi connectivity index (χ1) is 8.20. The fourth-order valence-corrected chi connectivity index (χ4v) is 1.25. The average molecular weight is 286 g/mol. The third-order valence-electron chi connectivity index (χ3n) is 2.12. The quantitative estimate of drug-likeness (QED) is 0.727. The van der Waals surface area contributed by atoms with Gasteiger partial charge >= 0.3 is 6.18 Å². The third kappa shape index (κ3) is 3.69. The van der Waals surface area contributed by atoms with Gasteiger partial charge in [-0.25, -0.2) is 9.97 Å². The van der Waals surface area contributed by atoms with E-state index in [1.165, 1.54) is 6.92 Å². The first-order valence-corrected chi connectivity index (χ1v) is 5.20. The van der Waals surface area contributed by atoms with E-state index in [1.54, 1.807) is 0 Å². The Labute approximate surface area is 106 Å². The minimum atomic E-state index is -4.65. The van der Waals surface area contributed by atoms with Gasteiger partial charge in [-0.15, -0.1) is 0 Å². The summed E-state index contributed by atoms with van der Waals surface area (Å²) >= 11 is 5.38. The number of hydrogen-bond acceptors (Lipinski definition) is 5. The zero-order valence-electron chi connectivity index (χ0n) is 9.29. The molecule has 1 rings (SSSR count). The molecule has 0 aliphatic heterocycles. The van der Waals surface area contributed by atoms with Crippen molar-refractivity contribution in [2.24, 2.45) is 0 Å². The number of rotatable bonds is 4. The number of nitrogens with zero attached hydrogens (tertiary/aromatic N) is 2. The van der Waals surface area contributed by atoms with Crippen molar-refractivity contribution < 1.29 is 23.4 Å². The molecule has 9 heteroatoms. The van der Waals surface area contributed by atoms with Crippen LogP contribution in [0.2, 0.25) is 5.28 Å². The number of aromatic nitrogens is 2. The number of aliphatic hydroxyl groups is 2. The summed E-state index contributed by atoms with van der Waals surface area (Å²) < 4.78 is 37.4. The molecule has 0 amide bonds. The van der Waals surface area contributed by atoms with Crippen molar-refractivity contribution in [3.05, 3.63) is 17.0 Å². The second-order valence-electron chi connectivity index (χ2n) is 3.91. The Morgan fingerprint density at radius 1 is 1.28 bits per heavy atom. The third-order valence-corrected chi connectivity index (χ3v) is 2.29. The van der Waals surface area contributed by atoms with Gasteiger partial charge in [-0.05, 0) is 18.5 Å². The molecule has 1 heterocycles. The Kier molecular flexibility index (Phi) is 4.36. The summed E-state index contributed by atoms with van der Waals surface area (Å²) in [5.41, 5.74) is -2.41. The lowest BCUT2D eigenvalue weighted by Crippen LogP contribution is -2.42. The number of anilines is 1. The SMILES string of the molecule is CC(CO)(CO)Nc1cc(C(F)(F)F)nc(Cl)n1. The molecule has 0 aromatic carbocycles. The molecule has 5 nitrogen and oxygen atoms in total. The van der Waals surface area contributed by atoms with E-state index >= 15 is 0 Å². The van der Waals surface area contributed by atoms with Gasteiger partial charge in [-0.2, -0.15) is 13.2 Å². The van der Waals surface area contributed by atoms with E-state index in [-0.39, 0.29) is 5.82 Å². The van der Waals surface area contributed by atoms with Gasteiger partial charge in [-0.3, -0.25) is 0 Å². The minimum absolute atomic E-state index is 0.229. The number of hydrogen-bond donors (Lipinski definition) is 3. The molecular formula is C9H11ClF3N3O2. The summed E-state index contributed by atoms with van der Waals surface area (Å²) in [5.74, 6) is -0.229. The van der Waals surface area contributed by atoms with E-state index in [1.807, 2.05) is 0 Å².